The third-order valence-electron chi connectivity index (χ3n) is 13.0. The second-order valence-electron chi connectivity index (χ2n) is 16.4. The largest absolute Gasteiger partial charge is 0.456 e. The summed E-state index contributed by atoms with van der Waals surface area (Å²) in [5.41, 5.74) is 18.8. The van der Waals surface area contributed by atoms with Crippen molar-refractivity contribution < 1.29 is 4.42 Å². The molecule has 10 aromatic carbocycles. The Kier molecular flexibility index (Phi) is 8.76. The lowest BCUT2D eigenvalue weighted by atomic mass is 9.66. The lowest BCUT2D eigenvalue weighted by molar-refractivity contribution is 0.669. The van der Waals surface area contributed by atoms with Crippen LogP contribution < -0.4 is 4.90 Å². The molecule has 11 aromatic rings. The number of hydrogen-bond acceptors (Lipinski definition) is 2. The number of benzene rings is 10. The quantitative estimate of drug-likeness (QED) is 0.152. The number of nitrogens with zero attached hydrogens (tertiary/aromatic N) is 1. The van der Waals surface area contributed by atoms with Gasteiger partial charge in [0.15, 0.2) is 0 Å². The molecule has 0 spiro atoms. The van der Waals surface area contributed by atoms with E-state index in [9.17, 15) is 0 Å². The molecule has 63 heavy (non-hydrogen) atoms. The van der Waals surface area contributed by atoms with Crippen LogP contribution in [0.4, 0.5) is 17.1 Å². The van der Waals surface area contributed by atoms with Gasteiger partial charge in [0.1, 0.15) is 11.2 Å². The molecule has 0 saturated carbocycles. The van der Waals surface area contributed by atoms with E-state index < -0.39 is 5.41 Å². The van der Waals surface area contributed by atoms with E-state index in [0.29, 0.717) is 0 Å². The van der Waals surface area contributed by atoms with Crippen LogP contribution in [0.1, 0.15) is 22.3 Å². The highest BCUT2D eigenvalue weighted by Crippen LogP contribution is 2.59. The van der Waals surface area contributed by atoms with Gasteiger partial charge in [-0.2, -0.15) is 0 Å². The zero-order valence-electron chi connectivity index (χ0n) is 34.5. The molecule has 0 N–H and O–H groups in total. The molecule has 1 aromatic heterocycles. The molecule has 2 nitrogen and oxygen atoms in total. The third kappa shape index (κ3) is 5.95. The number of furan rings is 1. The van der Waals surface area contributed by atoms with Crippen LogP contribution in [-0.4, -0.2) is 0 Å². The Labute approximate surface area is 367 Å². The average Bonchev–Trinajstić information content (AvgIpc) is 3.89. The van der Waals surface area contributed by atoms with E-state index in [1.807, 2.05) is 0 Å². The molecule has 0 fully saturated rings. The Hall–Kier alpha value is -8.20. The average molecular weight is 804 g/mol. The van der Waals surface area contributed by atoms with Crippen molar-refractivity contribution in [2.24, 2.45) is 0 Å². The molecule has 1 aliphatic carbocycles. The van der Waals surface area contributed by atoms with Crippen LogP contribution in [0.5, 0.6) is 0 Å². The Morgan fingerprint density at radius 2 is 0.857 bits per heavy atom. The van der Waals surface area contributed by atoms with E-state index in [-0.39, 0.29) is 0 Å². The van der Waals surface area contributed by atoms with Crippen molar-refractivity contribution >= 4 is 39.0 Å². The van der Waals surface area contributed by atoms with Crippen LogP contribution in [-0.2, 0) is 5.41 Å². The molecular formula is C61H41NO. The van der Waals surface area contributed by atoms with Gasteiger partial charge in [0.2, 0.25) is 0 Å². The first-order valence-electron chi connectivity index (χ1n) is 21.7. The Balaban J connectivity index is 1.15. The van der Waals surface area contributed by atoms with Crippen molar-refractivity contribution in [2.45, 2.75) is 5.41 Å². The van der Waals surface area contributed by atoms with Gasteiger partial charge in [0.25, 0.3) is 0 Å². The number of anilines is 3. The standard InChI is InChI=1S/C61H41NO/c1-5-18-42(19-6-1)44-32-35-48(36-33-44)62(49-37-39-58-53(41-49)60-50(27-17-31-59(60)63-58)45-22-9-3-10-23-45)57-30-16-15-29-55(57)61(47-24-11-4-12-25-47)54-28-14-13-26-51(54)52-38-34-46(40-56(52)61)43-20-7-2-8-21-43/h1-41H. The molecule has 0 radical (unpaired) electrons. The fourth-order valence-corrected chi connectivity index (χ4v) is 10.2. The van der Waals surface area contributed by atoms with Gasteiger partial charge in [-0.05, 0) is 115 Å². The highest BCUT2D eigenvalue weighted by atomic mass is 16.3. The SMILES string of the molecule is c1ccc(-c2ccc(N(c3ccc4oc5cccc(-c6ccccc6)c5c4c3)c3ccccc3C3(c4ccccc4)c4ccccc4-c4ccc(-c5ccccc5)cc43)cc2)cc1. The molecule has 296 valence electrons. The van der Waals surface area contributed by atoms with Crippen molar-refractivity contribution in [1.82, 2.24) is 0 Å². The fraction of sp³-hybridized carbons (Fsp3) is 0.0164. The second kappa shape index (κ2) is 15.1. The minimum Gasteiger partial charge on any atom is -0.456 e. The van der Waals surface area contributed by atoms with Crippen LogP contribution >= 0.6 is 0 Å². The first-order valence-corrected chi connectivity index (χ1v) is 21.7. The van der Waals surface area contributed by atoms with Crippen molar-refractivity contribution in [3.63, 3.8) is 0 Å². The van der Waals surface area contributed by atoms with Gasteiger partial charge in [-0.3, -0.25) is 0 Å². The molecule has 0 amide bonds. The number of rotatable bonds is 8. The summed E-state index contributed by atoms with van der Waals surface area (Å²) in [6.07, 6.45) is 0. The molecule has 0 saturated heterocycles. The van der Waals surface area contributed by atoms with E-state index in [1.54, 1.807) is 0 Å². The lowest BCUT2D eigenvalue weighted by Crippen LogP contribution is -2.30. The van der Waals surface area contributed by atoms with Crippen LogP contribution in [0, 0.1) is 0 Å². The monoisotopic (exact) mass is 803 g/mol. The maximum atomic E-state index is 6.61. The summed E-state index contributed by atoms with van der Waals surface area (Å²) in [5, 5.41) is 2.19. The number of hydrogen-bond donors (Lipinski definition) is 0. The predicted molar refractivity (Wildman–Crippen MR) is 262 cm³/mol. The maximum Gasteiger partial charge on any atom is 0.136 e. The maximum absolute atomic E-state index is 6.61. The Morgan fingerprint density at radius 3 is 1.59 bits per heavy atom. The third-order valence-corrected chi connectivity index (χ3v) is 13.0. The van der Waals surface area contributed by atoms with Gasteiger partial charge in [-0.15, -0.1) is 0 Å². The Bertz CT molecular complexity index is 3430. The smallest absolute Gasteiger partial charge is 0.136 e. The van der Waals surface area contributed by atoms with Crippen LogP contribution in [0.15, 0.2) is 253 Å². The lowest BCUT2D eigenvalue weighted by Gasteiger charge is -2.38. The molecule has 1 unspecified atom stereocenters. The first-order chi connectivity index (χ1) is 31.3. The highest BCUT2D eigenvalue weighted by Gasteiger charge is 2.48. The van der Waals surface area contributed by atoms with E-state index in [0.717, 1.165) is 50.1 Å². The second-order valence-corrected chi connectivity index (χ2v) is 16.4. The van der Waals surface area contributed by atoms with Gasteiger partial charge >= 0.3 is 0 Å². The van der Waals surface area contributed by atoms with Crippen molar-refractivity contribution in [3.8, 4) is 44.5 Å². The summed E-state index contributed by atoms with van der Waals surface area (Å²) < 4.78 is 6.61. The van der Waals surface area contributed by atoms with Crippen LogP contribution in [0.2, 0.25) is 0 Å². The zero-order chi connectivity index (χ0) is 41.7. The Morgan fingerprint density at radius 1 is 0.317 bits per heavy atom. The van der Waals surface area contributed by atoms with E-state index >= 15 is 0 Å². The minimum atomic E-state index is -0.663. The molecule has 12 rings (SSSR count). The van der Waals surface area contributed by atoms with E-state index in [1.165, 1.54) is 55.6 Å². The predicted octanol–water partition coefficient (Wildman–Crippen LogP) is 16.4. The summed E-state index contributed by atoms with van der Waals surface area (Å²) in [6, 6.07) is 90.4. The molecular weight excluding hydrogens is 763 g/mol. The summed E-state index contributed by atoms with van der Waals surface area (Å²) in [5.74, 6) is 0. The van der Waals surface area contributed by atoms with Gasteiger partial charge < -0.3 is 9.32 Å². The summed E-state index contributed by atoms with van der Waals surface area (Å²) in [6.45, 7) is 0. The fourth-order valence-electron chi connectivity index (χ4n) is 10.2. The van der Waals surface area contributed by atoms with Crippen molar-refractivity contribution in [2.75, 3.05) is 4.90 Å². The minimum absolute atomic E-state index is 0.663. The van der Waals surface area contributed by atoms with Crippen molar-refractivity contribution in [3.05, 3.63) is 271 Å². The summed E-state index contributed by atoms with van der Waals surface area (Å²) in [4.78, 5) is 2.46. The summed E-state index contributed by atoms with van der Waals surface area (Å²) >= 11 is 0. The van der Waals surface area contributed by atoms with Gasteiger partial charge in [0, 0.05) is 22.1 Å². The van der Waals surface area contributed by atoms with E-state index in [4.69, 9.17) is 4.42 Å². The van der Waals surface area contributed by atoms with Crippen LogP contribution in [0.25, 0.3) is 66.4 Å². The molecule has 1 atom stereocenters. The van der Waals surface area contributed by atoms with Gasteiger partial charge in [0.05, 0.1) is 11.1 Å². The molecule has 0 bridgehead atoms. The molecule has 1 heterocycles. The van der Waals surface area contributed by atoms with Crippen LogP contribution in [0.3, 0.4) is 0 Å². The first kappa shape index (κ1) is 36.6. The summed E-state index contributed by atoms with van der Waals surface area (Å²) in [7, 11) is 0. The van der Waals surface area contributed by atoms with Crippen molar-refractivity contribution in [1.29, 1.82) is 0 Å². The highest BCUT2D eigenvalue weighted by molar-refractivity contribution is 6.13. The molecule has 1 aliphatic rings. The molecule has 2 heteroatoms. The zero-order valence-corrected chi connectivity index (χ0v) is 34.5. The number of fused-ring (bicyclic) bond motifs is 6. The van der Waals surface area contributed by atoms with E-state index in [2.05, 4.69) is 254 Å². The number of para-hydroxylation sites is 1. The van der Waals surface area contributed by atoms with Gasteiger partial charge in [-0.1, -0.05) is 200 Å². The molecule has 0 aliphatic heterocycles. The normalized spacial score (nSPS) is 14.1. The van der Waals surface area contributed by atoms with Gasteiger partial charge in [-0.25, -0.2) is 0 Å². The topological polar surface area (TPSA) is 16.4 Å².